The summed E-state index contributed by atoms with van der Waals surface area (Å²) in [4.78, 5) is 25.3. The molecular weight excluding hydrogens is 334 g/mol. The number of hydrogen-bond donors (Lipinski definition) is 1. The minimum atomic E-state index is -0.313. The van der Waals surface area contributed by atoms with Crippen LogP contribution in [0, 0.1) is 0 Å². The molecular formula is C16H16ClN3O2S. The van der Waals surface area contributed by atoms with Crippen LogP contribution in [0.4, 0.5) is 0 Å². The van der Waals surface area contributed by atoms with Crippen molar-refractivity contribution in [3.05, 3.63) is 63.0 Å². The van der Waals surface area contributed by atoms with Crippen LogP contribution in [0.1, 0.15) is 27.7 Å². The van der Waals surface area contributed by atoms with Gasteiger partial charge in [0.25, 0.3) is 11.5 Å². The molecule has 0 saturated carbocycles. The van der Waals surface area contributed by atoms with Crippen LogP contribution in [0.25, 0.3) is 0 Å². The van der Waals surface area contributed by atoms with Crippen LogP contribution >= 0.6 is 23.4 Å². The number of nitrogens with one attached hydrogen (secondary N) is 1. The predicted octanol–water partition coefficient (Wildman–Crippen LogP) is 2.74. The number of aromatic nitrogens is 2. The van der Waals surface area contributed by atoms with Crippen LogP contribution < -0.4 is 5.56 Å². The van der Waals surface area contributed by atoms with Crippen molar-refractivity contribution < 1.29 is 4.79 Å². The van der Waals surface area contributed by atoms with E-state index in [0.717, 1.165) is 22.8 Å². The van der Waals surface area contributed by atoms with Gasteiger partial charge in [0.2, 0.25) is 0 Å². The predicted molar refractivity (Wildman–Crippen MR) is 92.0 cm³/mol. The number of carbonyl (C=O) groups is 1. The molecule has 1 saturated heterocycles. The number of halogens is 1. The second-order valence-electron chi connectivity index (χ2n) is 5.27. The second-order valence-corrected chi connectivity index (χ2v) is 6.99. The van der Waals surface area contributed by atoms with Gasteiger partial charge in [0.1, 0.15) is 5.69 Å². The third kappa shape index (κ3) is 3.76. The van der Waals surface area contributed by atoms with Crippen molar-refractivity contribution in [2.45, 2.75) is 11.7 Å². The maximum Gasteiger partial charge on any atom is 0.274 e. The summed E-state index contributed by atoms with van der Waals surface area (Å²) in [5.41, 5.74) is 1.08. The molecule has 2 heterocycles. The molecule has 1 atom stereocenters. The molecule has 0 radical (unpaired) electrons. The number of benzene rings is 1. The van der Waals surface area contributed by atoms with Gasteiger partial charge in [-0.05, 0) is 24.1 Å². The van der Waals surface area contributed by atoms with E-state index in [1.807, 2.05) is 36.0 Å². The summed E-state index contributed by atoms with van der Waals surface area (Å²) in [6, 6.07) is 10.6. The fourth-order valence-corrected chi connectivity index (χ4v) is 4.18. The first-order chi connectivity index (χ1) is 11.1. The molecule has 0 bridgehead atoms. The van der Waals surface area contributed by atoms with E-state index in [2.05, 4.69) is 10.2 Å². The third-order valence-electron chi connectivity index (χ3n) is 3.78. The van der Waals surface area contributed by atoms with Gasteiger partial charge in [-0.1, -0.05) is 29.8 Å². The average Bonchev–Trinajstić information content (AvgIpc) is 2.81. The molecule has 1 aliphatic heterocycles. The Kier molecular flexibility index (Phi) is 5.03. The number of hydrogen-bond acceptors (Lipinski definition) is 4. The summed E-state index contributed by atoms with van der Waals surface area (Å²) in [5, 5.41) is 7.17. The van der Waals surface area contributed by atoms with Crippen LogP contribution in [-0.4, -0.2) is 39.8 Å². The van der Waals surface area contributed by atoms with Crippen molar-refractivity contribution in [1.29, 1.82) is 0 Å². The molecule has 7 heteroatoms. The molecule has 1 aromatic heterocycles. The summed E-state index contributed by atoms with van der Waals surface area (Å²) in [5.74, 6) is 0.687. The Morgan fingerprint density at radius 1 is 1.26 bits per heavy atom. The lowest BCUT2D eigenvalue weighted by Crippen LogP contribution is -2.34. The number of thioether (sulfide) groups is 1. The van der Waals surface area contributed by atoms with Crippen molar-refractivity contribution >= 4 is 29.3 Å². The van der Waals surface area contributed by atoms with Crippen LogP contribution in [-0.2, 0) is 0 Å². The number of nitrogens with zero attached hydrogens (tertiary/aromatic N) is 2. The molecule has 0 unspecified atom stereocenters. The molecule has 23 heavy (non-hydrogen) atoms. The highest BCUT2D eigenvalue weighted by Crippen LogP contribution is 2.37. The van der Waals surface area contributed by atoms with E-state index in [0.29, 0.717) is 13.1 Å². The SMILES string of the molecule is O=C(c1ccc(=O)[nH]n1)N1CCS[C@@H](c2ccccc2Cl)CC1. The Bertz CT molecular complexity index is 744. The Hall–Kier alpha value is -1.79. The average molecular weight is 350 g/mol. The van der Waals surface area contributed by atoms with Gasteiger partial charge < -0.3 is 4.90 Å². The largest absolute Gasteiger partial charge is 0.336 e. The fourth-order valence-electron chi connectivity index (χ4n) is 2.58. The molecule has 3 rings (SSSR count). The molecule has 0 spiro atoms. The Balaban J connectivity index is 1.71. The van der Waals surface area contributed by atoms with E-state index in [9.17, 15) is 9.59 Å². The molecule has 5 nitrogen and oxygen atoms in total. The minimum absolute atomic E-state index is 0.151. The van der Waals surface area contributed by atoms with Crippen LogP contribution in [0.15, 0.2) is 41.2 Å². The maximum absolute atomic E-state index is 12.5. The zero-order valence-corrected chi connectivity index (χ0v) is 13.9. The monoisotopic (exact) mass is 349 g/mol. The summed E-state index contributed by atoms with van der Waals surface area (Å²) < 4.78 is 0. The zero-order valence-electron chi connectivity index (χ0n) is 12.4. The lowest BCUT2D eigenvalue weighted by molar-refractivity contribution is 0.0759. The lowest BCUT2D eigenvalue weighted by Gasteiger charge is -2.19. The number of amides is 1. The van der Waals surface area contributed by atoms with Crippen molar-refractivity contribution in [3.8, 4) is 0 Å². The molecule has 1 fully saturated rings. The maximum atomic E-state index is 12.5. The molecule has 2 aromatic rings. The summed E-state index contributed by atoms with van der Waals surface area (Å²) in [6.45, 7) is 1.30. The van der Waals surface area contributed by atoms with E-state index >= 15 is 0 Å². The molecule has 1 aliphatic rings. The van der Waals surface area contributed by atoms with E-state index in [1.54, 1.807) is 4.90 Å². The van der Waals surface area contributed by atoms with Crippen LogP contribution in [0.3, 0.4) is 0 Å². The van der Waals surface area contributed by atoms with E-state index < -0.39 is 0 Å². The molecule has 0 aliphatic carbocycles. The van der Waals surface area contributed by atoms with Gasteiger partial charge in [-0.3, -0.25) is 9.59 Å². The van der Waals surface area contributed by atoms with Gasteiger partial charge in [0.15, 0.2) is 0 Å². The van der Waals surface area contributed by atoms with Gasteiger partial charge >= 0.3 is 0 Å². The topological polar surface area (TPSA) is 66.1 Å². The van der Waals surface area contributed by atoms with E-state index in [4.69, 9.17) is 11.6 Å². The summed E-state index contributed by atoms with van der Waals surface area (Å²) >= 11 is 8.10. The van der Waals surface area contributed by atoms with Crippen molar-refractivity contribution in [3.63, 3.8) is 0 Å². The summed E-state index contributed by atoms with van der Waals surface area (Å²) in [7, 11) is 0. The molecule has 1 aromatic carbocycles. The first kappa shape index (κ1) is 16.1. The van der Waals surface area contributed by atoms with Gasteiger partial charge in [-0.15, -0.1) is 0 Å². The highest BCUT2D eigenvalue weighted by atomic mass is 35.5. The number of carbonyl (C=O) groups excluding carboxylic acids is 1. The van der Waals surface area contributed by atoms with Crippen LogP contribution in [0.5, 0.6) is 0 Å². The van der Waals surface area contributed by atoms with Crippen molar-refractivity contribution in [2.75, 3.05) is 18.8 Å². The molecule has 1 N–H and O–H groups in total. The highest BCUT2D eigenvalue weighted by Gasteiger charge is 2.24. The normalized spacial score (nSPS) is 18.5. The number of aromatic amines is 1. The minimum Gasteiger partial charge on any atom is -0.336 e. The Labute approximate surface area is 143 Å². The smallest absolute Gasteiger partial charge is 0.274 e. The van der Waals surface area contributed by atoms with E-state index in [-0.39, 0.29) is 22.4 Å². The van der Waals surface area contributed by atoms with Gasteiger partial charge in [0, 0.05) is 35.2 Å². The van der Waals surface area contributed by atoms with Crippen molar-refractivity contribution in [1.82, 2.24) is 15.1 Å². The first-order valence-corrected chi connectivity index (χ1v) is 8.79. The van der Waals surface area contributed by atoms with Crippen molar-refractivity contribution in [2.24, 2.45) is 0 Å². The Morgan fingerprint density at radius 3 is 2.83 bits per heavy atom. The lowest BCUT2D eigenvalue weighted by atomic mass is 10.1. The highest BCUT2D eigenvalue weighted by molar-refractivity contribution is 7.99. The van der Waals surface area contributed by atoms with Gasteiger partial charge in [-0.2, -0.15) is 16.9 Å². The Morgan fingerprint density at radius 2 is 2.09 bits per heavy atom. The molecule has 1 amide bonds. The third-order valence-corrected chi connectivity index (χ3v) is 5.43. The van der Waals surface area contributed by atoms with Crippen LogP contribution in [0.2, 0.25) is 5.02 Å². The zero-order chi connectivity index (χ0) is 16.2. The van der Waals surface area contributed by atoms with E-state index in [1.165, 1.54) is 12.1 Å². The molecule has 120 valence electrons. The van der Waals surface area contributed by atoms with Gasteiger partial charge in [-0.25, -0.2) is 5.10 Å². The first-order valence-electron chi connectivity index (χ1n) is 7.36. The second kappa shape index (κ2) is 7.19. The summed E-state index contributed by atoms with van der Waals surface area (Å²) in [6.07, 6.45) is 0.837. The van der Waals surface area contributed by atoms with Gasteiger partial charge in [0.05, 0.1) is 0 Å². The number of H-pyrrole nitrogens is 1. The fraction of sp³-hybridized carbons (Fsp3) is 0.312. The number of rotatable bonds is 2. The quantitative estimate of drug-likeness (QED) is 0.905. The standard InChI is InChI=1S/C16H16ClN3O2S/c17-12-4-2-1-3-11(12)14-7-8-20(9-10-23-14)16(22)13-5-6-15(21)19-18-13/h1-6,14H,7-10H2,(H,19,21)/t14-/m1/s1.